The number of benzene rings is 1. The van der Waals surface area contributed by atoms with Crippen molar-refractivity contribution in [2.45, 2.75) is 38.6 Å². The van der Waals surface area contributed by atoms with Gasteiger partial charge in [-0.25, -0.2) is 4.98 Å². The maximum Gasteiger partial charge on any atom is 0.254 e. The minimum atomic E-state index is 0.148. The first-order chi connectivity index (χ1) is 10.8. The Morgan fingerprint density at radius 1 is 1.45 bits per heavy atom. The Hall–Kier alpha value is -1.88. The molecule has 1 fully saturated rings. The van der Waals surface area contributed by atoms with E-state index in [0.717, 1.165) is 42.2 Å². The molecule has 1 N–H and O–H groups in total. The first-order valence-corrected chi connectivity index (χ1v) is 8.73. The molecule has 1 unspecified atom stereocenters. The predicted molar refractivity (Wildman–Crippen MR) is 90.8 cm³/mol. The first kappa shape index (κ1) is 15.0. The van der Waals surface area contributed by atoms with Crippen LogP contribution in [-0.2, 0) is 0 Å². The van der Waals surface area contributed by atoms with Crippen molar-refractivity contribution >= 4 is 28.1 Å². The fourth-order valence-corrected chi connectivity index (χ4v) is 3.55. The molecule has 22 heavy (non-hydrogen) atoms. The fourth-order valence-electron chi connectivity index (χ4n) is 3.00. The number of carbonyl (C=O) groups is 1. The van der Waals surface area contributed by atoms with E-state index in [0.29, 0.717) is 6.04 Å². The fraction of sp³-hybridized carbons (Fsp3) is 0.412. The molecule has 0 spiro atoms. The molecule has 0 radical (unpaired) electrons. The van der Waals surface area contributed by atoms with Crippen molar-refractivity contribution in [3.8, 4) is 0 Å². The third kappa shape index (κ3) is 3.30. The van der Waals surface area contributed by atoms with Crippen LogP contribution < -0.4 is 5.32 Å². The van der Waals surface area contributed by atoms with Gasteiger partial charge in [0.15, 0.2) is 5.13 Å². The number of hydrogen-bond donors (Lipinski definition) is 1. The molecular formula is C17H21N3OS. The van der Waals surface area contributed by atoms with Gasteiger partial charge in [-0.15, -0.1) is 11.3 Å². The molecule has 116 valence electrons. The summed E-state index contributed by atoms with van der Waals surface area (Å²) in [7, 11) is 0. The number of piperidine rings is 1. The summed E-state index contributed by atoms with van der Waals surface area (Å²) in [5.74, 6) is 0.148. The number of hydrogen-bond acceptors (Lipinski definition) is 4. The largest absolute Gasteiger partial charge is 0.336 e. The van der Waals surface area contributed by atoms with Crippen molar-refractivity contribution < 1.29 is 4.79 Å². The molecule has 1 amide bonds. The lowest BCUT2D eigenvalue weighted by molar-refractivity contribution is 0.0608. The van der Waals surface area contributed by atoms with Gasteiger partial charge in [-0.1, -0.05) is 13.0 Å². The van der Waals surface area contributed by atoms with Gasteiger partial charge < -0.3 is 10.2 Å². The van der Waals surface area contributed by atoms with Gasteiger partial charge in [-0.05, 0) is 43.9 Å². The van der Waals surface area contributed by atoms with Crippen LogP contribution >= 0.6 is 11.3 Å². The van der Waals surface area contributed by atoms with Crippen LogP contribution in [-0.4, -0.2) is 28.4 Å². The molecule has 0 saturated carbocycles. The summed E-state index contributed by atoms with van der Waals surface area (Å²) in [6.45, 7) is 3.04. The molecule has 0 bridgehead atoms. The summed E-state index contributed by atoms with van der Waals surface area (Å²) < 4.78 is 0. The summed E-state index contributed by atoms with van der Waals surface area (Å²) in [5.41, 5.74) is 1.66. The number of likely N-dealkylation sites (tertiary alicyclic amines) is 1. The Morgan fingerprint density at radius 3 is 3.14 bits per heavy atom. The van der Waals surface area contributed by atoms with Gasteiger partial charge in [-0.3, -0.25) is 4.79 Å². The van der Waals surface area contributed by atoms with Gasteiger partial charge in [-0.2, -0.15) is 0 Å². The topological polar surface area (TPSA) is 45.2 Å². The number of nitrogens with one attached hydrogen (secondary N) is 1. The van der Waals surface area contributed by atoms with Gasteiger partial charge in [0.25, 0.3) is 5.91 Å². The highest BCUT2D eigenvalue weighted by molar-refractivity contribution is 7.13. The molecule has 1 aromatic heterocycles. The van der Waals surface area contributed by atoms with Gasteiger partial charge in [0, 0.05) is 35.4 Å². The SMILES string of the molecule is CCC1CCCCN1C(=O)c1cccc(Nc2nccs2)c1. The van der Waals surface area contributed by atoms with Crippen molar-refractivity contribution in [1.29, 1.82) is 0 Å². The molecule has 2 aromatic rings. The number of thiazole rings is 1. The number of anilines is 2. The Balaban J connectivity index is 1.77. The predicted octanol–water partition coefficient (Wildman–Crippen LogP) is 4.29. The van der Waals surface area contributed by atoms with E-state index in [1.54, 1.807) is 17.5 Å². The molecule has 0 aliphatic carbocycles. The number of rotatable bonds is 4. The van der Waals surface area contributed by atoms with E-state index in [1.807, 2.05) is 34.5 Å². The van der Waals surface area contributed by atoms with E-state index in [1.165, 1.54) is 6.42 Å². The van der Waals surface area contributed by atoms with E-state index in [2.05, 4.69) is 17.2 Å². The molecule has 1 aromatic carbocycles. The average molecular weight is 315 g/mol. The minimum Gasteiger partial charge on any atom is -0.336 e. The van der Waals surface area contributed by atoms with Crippen LogP contribution in [0.15, 0.2) is 35.8 Å². The lowest BCUT2D eigenvalue weighted by Gasteiger charge is -2.35. The zero-order valence-corrected chi connectivity index (χ0v) is 13.6. The zero-order valence-electron chi connectivity index (χ0n) is 12.8. The monoisotopic (exact) mass is 315 g/mol. The average Bonchev–Trinajstić information content (AvgIpc) is 3.07. The quantitative estimate of drug-likeness (QED) is 0.915. The van der Waals surface area contributed by atoms with Crippen LogP contribution in [0.5, 0.6) is 0 Å². The molecule has 1 atom stereocenters. The number of nitrogens with zero attached hydrogens (tertiary/aromatic N) is 2. The highest BCUT2D eigenvalue weighted by atomic mass is 32.1. The Labute approximate surface area is 135 Å². The van der Waals surface area contributed by atoms with Gasteiger partial charge in [0.1, 0.15) is 0 Å². The molecule has 1 aliphatic heterocycles. The summed E-state index contributed by atoms with van der Waals surface area (Å²) in [6.07, 6.45) is 6.26. The van der Waals surface area contributed by atoms with Crippen molar-refractivity contribution in [3.05, 3.63) is 41.4 Å². The lowest BCUT2D eigenvalue weighted by atomic mass is 9.99. The maximum atomic E-state index is 12.8. The first-order valence-electron chi connectivity index (χ1n) is 7.85. The summed E-state index contributed by atoms with van der Waals surface area (Å²) in [6, 6.07) is 8.10. The Kier molecular flexibility index (Phi) is 4.73. The normalized spacial score (nSPS) is 18.2. The van der Waals surface area contributed by atoms with Crippen LogP contribution in [0.2, 0.25) is 0 Å². The second-order valence-electron chi connectivity index (χ2n) is 5.60. The van der Waals surface area contributed by atoms with E-state index in [-0.39, 0.29) is 5.91 Å². The Bertz CT molecular complexity index is 627. The standard InChI is InChI=1S/C17H21N3OS/c1-2-15-8-3-4-10-20(15)16(21)13-6-5-7-14(12-13)19-17-18-9-11-22-17/h5-7,9,11-12,15H,2-4,8,10H2,1H3,(H,18,19). The molecule has 4 nitrogen and oxygen atoms in total. The van der Waals surface area contributed by atoms with Crippen LogP contribution in [0, 0.1) is 0 Å². The maximum absolute atomic E-state index is 12.8. The second kappa shape index (κ2) is 6.92. The summed E-state index contributed by atoms with van der Waals surface area (Å²) in [5, 5.41) is 6.01. The van der Waals surface area contributed by atoms with E-state index < -0.39 is 0 Å². The zero-order chi connectivity index (χ0) is 15.4. The third-order valence-corrected chi connectivity index (χ3v) is 4.84. The van der Waals surface area contributed by atoms with E-state index in [9.17, 15) is 4.79 Å². The van der Waals surface area contributed by atoms with Crippen molar-refractivity contribution in [2.24, 2.45) is 0 Å². The van der Waals surface area contributed by atoms with Crippen LogP contribution in [0.3, 0.4) is 0 Å². The summed E-state index contributed by atoms with van der Waals surface area (Å²) >= 11 is 1.55. The van der Waals surface area contributed by atoms with E-state index in [4.69, 9.17) is 0 Å². The molecule has 1 saturated heterocycles. The van der Waals surface area contributed by atoms with Gasteiger partial charge >= 0.3 is 0 Å². The number of carbonyl (C=O) groups excluding carboxylic acids is 1. The van der Waals surface area contributed by atoms with Crippen molar-refractivity contribution in [3.63, 3.8) is 0 Å². The second-order valence-corrected chi connectivity index (χ2v) is 6.49. The Morgan fingerprint density at radius 2 is 2.36 bits per heavy atom. The van der Waals surface area contributed by atoms with E-state index >= 15 is 0 Å². The molecule has 5 heteroatoms. The van der Waals surface area contributed by atoms with Crippen LogP contribution in [0.1, 0.15) is 43.0 Å². The number of amides is 1. The van der Waals surface area contributed by atoms with Crippen molar-refractivity contribution in [2.75, 3.05) is 11.9 Å². The van der Waals surface area contributed by atoms with Gasteiger partial charge in [0.05, 0.1) is 0 Å². The number of aromatic nitrogens is 1. The molecule has 2 heterocycles. The van der Waals surface area contributed by atoms with Crippen LogP contribution in [0.4, 0.5) is 10.8 Å². The smallest absolute Gasteiger partial charge is 0.254 e. The third-order valence-electron chi connectivity index (χ3n) is 4.15. The molecule has 3 rings (SSSR count). The highest BCUT2D eigenvalue weighted by Crippen LogP contribution is 2.24. The van der Waals surface area contributed by atoms with Crippen LogP contribution in [0.25, 0.3) is 0 Å². The van der Waals surface area contributed by atoms with Crippen molar-refractivity contribution in [1.82, 2.24) is 9.88 Å². The molecule has 1 aliphatic rings. The van der Waals surface area contributed by atoms with Gasteiger partial charge in [0.2, 0.25) is 0 Å². The molecular weight excluding hydrogens is 294 g/mol. The lowest BCUT2D eigenvalue weighted by Crippen LogP contribution is -2.43. The highest BCUT2D eigenvalue weighted by Gasteiger charge is 2.26. The minimum absolute atomic E-state index is 0.148. The summed E-state index contributed by atoms with van der Waals surface area (Å²) in [4.78, 5) is 19.1.